The Bertz CT molecular complexity index is 391. The molecule has 0 radical (unpaired) electrons. The van der Waals surface area contributed by atoms with Crippen molar-refractivity contribution in [2.75, 3.05) is 13.2 Å². The minimum absolute atomic E-state index is 0.144. The third kappa shape index (κ3) is 1.24. The Morgan fingerprint density at radius 3 is 2.93 bits per heavy atom. The molecule has 1 aromatic heterocycles. The van der Waals surface area contributed by atoms with Crippen LogP contribution < -0.4 is 0 Å². The van der Waals surface area contributed by atoms with Crippen LogP contribution in [0.1, 0.15) is 35.3 Å². The Kier molecular flexibility index (Phi) is 1.92. The van der Waals surface area contributed by atoms with Crippen molar-refractivity contribution in [1.82, 2.24) is 10.2 Å². The zero-order valence-electron chi connectivity index (χ0n) is 8.58. The fraction of sp³-hybridized carbons (Fsp3) is 0.636. The number of carbonyl (C=O) groups is 1. The number of ketones is 1. The minimum Gasteiger partial charge on any atom is -0.381 e. The summed E-state index contributed by atoms with van der Waals surface area (Å²) < 4.78 is 5.34. The zero-order valence-corrected chi connectivity index (χ0v) is 8.58. The fourth-order valence-corrected chi connectivity index (χ4v) is 2.70. The number of fused-ring (bicyclic) bond motifs is 1. The maximum Gasteiger partial charge on any atom is 0.172 e. The third-order valence-corrected chi connectivity index (χ3v) is 3.75. The number of hydrogen-bond donors (Lipinski definition) is 1. The molecule has 4 heteroatoms. The Hall–Kier alpha value is -1.16. The molecule has 0 atom stereocenters. The van der Waals surface area contributed by atoms with Crippen LogP contribution in [0.25, 0.3) is 0 Å². The average Bonchev–Trinajstić information content (AvgIpc) is 2.74. The summed E-state index contributed by atoms with van der Waals surface area (Å²) in [6.07, 6.45) is 5.31. The molecule has 15 heavy (non-hydrogen) atoms. The van der Waals surface area contributed by atoms with E-state index in [2.05, 4.69) is 10.2 Å². The van der Waals surface area contributed by atoms with Crippen LogP contribution in [0.3, 0.4) is 0 Å². The summed E-state index contributed by atoms with van der Waals surface area (Å²) in [5, 5.41) is 6.86. The van der Waals surface area contributed by atoms with E-state index in [1.54, 1.807) is 6.20 Å². The molecule has 2 heterocycles. The summed E-state index contributed by atoms with van der Waals surface area (Å²) >= 11 is 0. The van der Waals surface area contributed by atoms with Gasteiger partial charge in [-0.2, -0.15) is 5.10 Å². The minimum atomic E-state index is -0.144. The topological polar surface area (TPSA) is 55.0 Å². The number of rotatable bonds is 0. The summed E-state index contributed by atoms with van der Waals surface area (Å²) in [7, 11) is 0. The first-order chi connectivity index (χ1) is 7.32. The van der Waals surface area contributed by atoms with Crippen LogP contribution in [0.15, 0.2) is 6.20 Å². The predicted molar refractivity (Wildman–Crippen MR) is 53.7 cm³/mol. The molecule has 4 nitrogen and oxygen atoms in total. The smallest absolute Gasteiger partial charge is 0.172 e. The highest BCUT2D eigenvalue weighted by Crippen LogP contribution is 2.42. The van der Waals surface area contributed by atoms with Gasteiger partial charge in [-0.3, -0.25) is 9.89 Å². The van der Waals surface area contributed by atoms with Crippen molar-refractivity contribution in [1.29, 1.82) is 0 Å². The van der Waals surface area contributed by atoms with Crippen LogP contribution in [-0.4, -0.2) is 29.2 Å². The lowest BCUT2D eigenvalue weighted by Crippen LogP contribution is -2.40. The molecule has 3 rings (SSSR count). The molecular formula is C11H14N2O2. The van der Waals surface area contributed by atoms with Gasteiger partial charge in [-0.1, -0.05) is 0 Å². The highest BCUT2D eigenvalue weighted by molar-refractivity contribution is 6.02. The number of Topliss-reactive ketones (excluding diaryl/α,β-unsaturated/α-hetero) is 1. The van der Waals surface area contributed by atoms with E-state index in [0.717, 1.165) is 50.2 Å². The van der Waals surface area contributed by atoms with Crippen molar-refractivity contribution < 1.29 is 9.53 Å². The van der Waals surface area contributed by atoms with E-state index in [1.165, 1.54) is 0 Å². The van der Waals surface area contributed by atoms with Gasteiger partial charge in [0.05, 0.1) is 11.8 Å². The SMILES string of the molecule is O=C1c2cn[nH]c2CCC12CCOCC2. The number of hydrogen-bond acceptors (Lipinski definition) is 3. The summed E-state index contributed by atoms with van der Waals surface area (Å²) in [6, 6.07) is 0. The van der Waals surface area contributed by atoms with Gasteiger partial charge in [-0.05, 0) is 25.7 Å². The molecule has 1 aromatic rings. The van der Waals surface area contributed by atoms with Gasteiger partial charge < -0.3 is 4.74 Å². The number of carbonyl (C=O) groups excluding carboxylic acids is 1. The van der Waals surface area contributed by atoms with Crippen molar-refractivity contribution in [3.8, 4) is 0 Å². The van der Waals surface area contributed by atoms with Crippen molar-refractivity contribution in [3.63, 3.8) is 0 Å². The van der Waals surface area contributed by atoms with E-state index in [-0.39, 0.29) is 11.2 Å². The maximum atomic E-state index is 12.3. The largest absolute Gasteiger partial charge is 0.381 e. The molecule has 0 saturated carbocycles. The van der Waals surface area contributed by atoms with E-state index in [9.17, 15) is 4.79 Å². The molecule has 1 fully saturated rings. The molecular weight excluding hydrogens is 192 g/mol. The third-order valence-electron chi connectivity index (χ3n) is 3.75. The average molecular weight is 206 g/mol. The van der Waals surface area contributed by atoms with Gasteiger partial charge in [0.1, 0.15) is 0 Å². The van der Waals surface area contributed by atoms with E-state index < -0.39 is 0 Å². The molecule has 0 aromatic carbocycles. The molecule has 1 aliphatic heterocycles. The predicted octanol–water partition coefficient (Wildman–Crippen LogP) is 1.34. The summed E-state index contributed by atoms with van der Waals surface area (Å²) in [4.78, 5) is 12.3. The number of aryl methyl sites for hydroxylation is 1. The summed E-state index contributed by atoms with van der Waals surface area (Å²) in [5.41, 5.74) is 1.68. The van der Waals surface area contributed by atoms with E-state index in [1.807, 2.05) is 0 Å². The van der Waals surface area contributed by atoms with E-state index >= 15 is 0 Å². The van der Waals surface area contributed by atoms with E-state index in [4.69, 9.17) is 4.74 Å². The Morgan fingerprint density at radius 1 is 1.33 bits per heavy atom. The Morgan fingerprint density at radius 2 is 2.13 bits per heavy atom. The second-order valence-corrected chi connectivity index (χ2v) is 4.48. The number of H-pyrrole nitrogens is 1. The van der Waals surface area contributed by atoms with Crippen LogP contribution in [0, 0.1) is 5.41 Å². The van der Waals surface area contributed by atoms with Crippen LogP contribution in [-0.2, 0) is 11.2 Å². The number of aromatic amines is 1. The van der Waals surface area contributed by atoms with Gasteiger partial charge in [0, 0.05) is 24.3 Å². The van der Waals surface area contributed by atoms with Gasteiger partial charge >= 0.3 is 0 Å². The number of ether oxygens (including phenoxy) is 1. The standard InChI is InChI=1S/C11H14N2O2/c14-10-8-7-12-13-9(8)1-2-11(10)3-5-15-6-4-11/h7H,1-6H2,(H,12,13). The quantitative estimate of drug-likeness (QED) is 0.696. The van der Waals surface area contributed by atoms with Gasteiger partial charge in [0.2, 0.25) is 0 Å². The Balaban J connectivity index is 1.98. The van der Waals surface area contributed by atoms with Crippen molar-refractivity contribution in [3.05, 3.63) is 17.5 Å². The molecule has 80 valence electrons. The van der Waals surface area contributed by atoms with Crippen molar-refractivity contribution in [2.24, 2.45) is 5.41 Å². The molecule has 0 amide bonds. The monoisotopic (exact) mass is 206 g/mol. The first kappa shape index (κ1) is 9.09. The second-order valence-electron chi connectivity index (χ2n) is 4.48. The highest BCUT2D eigenvalue weighted by Gasteiger charge is 2.44. The van der Waals surface area contributed by atoms with Gasteiger partial charge in [-0.25, -0.2) is 0 Å². The van der Waals surface area contributed by atoms with Gasteiger partial charge in [0.15, 0.2) is 5.78 Å². The lowest BCUT2D eigenvalue weighted by Gasteiger charge is -2.38. The van der Waals surface area contributed by atoms with Crippen molar-refractivity contribution >= 4 is 5.78 Å². The van der Waals surface area contributed by atoms with Crippen LogP contribution in [0.2, 0.25) is 0 Å². The number of nitrogens with one attached hydrogen (secondary N) is 1. The number of nitrogens with zero attached hydrogens (tertiary/aromatic N) is 1. The fourth-order valence-electron chi connectivity index (χ4n) is 2.70. The highest BCUT2D eigenvalue weighted by atomic mass is 16.5. The Labute approximate surface area is 88.0 Å². The first-order valence-corrected chi connectivity index (χ1v) is 5.47. The van der Waals surface area contributed by atoms with Crippen molar-refractivity contribution in [2.45, 2.75) is 25.7 Å². The molecule has 1 spiro atoms. The molecule has 1 N–H and O–H groups in total. The normalized spacial score (nSPS) is 24.1. The van der Waals surface area contributed by atoms with Crippen LogP contribution >= 0.6 is 0 Å². The molecule has 0 unspecified atom stereocenters. The summed E-state index contributed by atoms with van der Waals surface area (Å²) in [5.74, 6) is 0.279. The first-order valence-electron chi connectivity index (χ1n) is 5.47. The van der Waals surface area contributed by atoms with Gasteiger partial charge in [0.25, 0.3) is 0 Å². The zero-order chi connectivity index (χ0) is 10.3. The van der Waals surface area contributed by atoms with Crippen LogP contribution in [0.5, 0.6) is 0 Å². The van der Waals surface area contributed by atoms with E-state index in [0.29, 0.717) is 0 Å². The summed E-state index contributed by atoms with van der Waals surface area (Å²) in [6.45, 7) is 1.44. The molecule has 1 aliphatic carbocycles. The lowest BCUT2D eigenvalue weighted by molar-refractivity contribution is 0.0116. The molecule has 1 saturated heterocycles. The number of aromatic nitrogens is 2. The second kappa shape index (κ2) is 3.17. The van der Waals surface area contributed by atoms with Crippen LogP contribution in [0.4, 0.5) is 0 Å². The lowest BCUT2D eigenvalue weighted by atomic mass is 9.68. The van der Waals surface area contributed by atoms with Gasteiger partial charge in [-0.15, -0.1) is 0 Å². The molecule has 0 bridgehead atoms. The maximum absolute atomic E-state index is 12.3. The molecule has 2 aliphatic rings.